The van der Waals surface area contributed by atoms with Gasteiger partial charge in [0.15, 0.2) is 11.8 Å². The van der Waals surface area contributed by atoms with Crippen molar-refractivity contribution in [3.63, 3.8) is 0 Å². The van der Waals surface area contributed by atoms with Crippen molar-refractivity contribution in [2.45, 2.75) is 13.0 Å². The van der Waals surface area contributed by atoms with Gasteiger partial charge in [0.2, 0.25) is 11.8 Å². The Morgan fingerprint density at radius 2 is 1.79 bits per heavy atom. The van der Waals surface area contributed by atoms with Crippen LogP contribution in [0.25, 0.3) is 0 Å². The van der Waals surface area contributed by atoms with E-state index in [9.17, 15) is 23.6 Å². The van der Waals surface area contributed by atoms with Crippen molar-refractivity contribution in [1.29, 1.82) is 0 Å². The Kier molecular flexibility index (Phi) is 3.63. The third kappa shape index (κ3) is 2.16. The number of imide groups is 1. The van der Waals surface area contributed by atoms with Crippen molar-refractivity contribution in [2.24, 2.45) is 11.0 Å². The summed E-state index contributed by atoms with van der Waals surface area (Å²) in [6, 6.07) is 3.48. The molecule has 2 heterocycles. The Morgan fingerprint density at radius 1 is 1.17 bits per heavy atom. The Morgan fingerprint density at radius 3 is 2.33 bits per heavy atom. The van der Waals surface area contributed by atoms with Gasteiger partial charge in [-0.05, 0) is 24.3 Å². The predicted molar refractivity (Wildman–Crippen MR) is 78.1 cm³/mol. The van der Waals surface area contributed by atoms with Crippen LogP contribution in [-0.4, -0.2) is 47.6 Å². The number of halogens is 1. The highest BCUT2D eigenvalue weighted by atomic mass is 19.1. The molecular formula is C15H12FN3O5. The summed E-state index contributed by atoms with van der Waals surface area (Å²) in [6.45, 7) is 1.17. The van der Waals surface area contributed by atoms with Crippen LogP contribution in [0.5, 0.6) is 0 Å². The molecule has 0 spiro atoms. The molecule has 124 valence electrons. The highest BCUT2D eigenvalue weighted by molar-refractivity contribution is 6.46. The summed E-state index contributed by atoms with van der Waals surface area (Å²) in [5.74, 6) is -4.68. The van der Waals surface area contributed by atoms with E-state index in [1.807, 2.05) is 0 Å². The second kappa shape index (κ2) is 5.52. The molecule has 1 fully saturated rings. The van der Waals surface area contributed by atoms with Crippen LogP contribution in [0.4, 0.5) is 10.1 Å². The lowest BCUT2D eigenvalue weighted by Crippen LogP contribution is -2.41. The van der Waals surface area contributed by atoms with Gasteiger partial charge in [-0.15, -0.1) is 0 Å². The summed E-state index contributed by atoms with van der Waals surface area (Å²) in [5.41, 5.74) is -0.158. The van der Waals surface area contributed by atoms with E-state index >= 15 is 0 Å². The van der Waals surface area contributed by atoms with Crippen LogP contribution in [0.1, 0.15) is 6.92 Å². The van der Waals surface area contributed by atoms with Gasteiger partial charge in [0.25, 0.3) is 5.91 Å². The monoisotopic (exact) mass is 333 g/mol. The lowest BCUT2D eigenvalue weighted by molar-refractivity contribution is -0.136. The lowest BCUT2D eigenvalue weighted by Gasteiger charge is -2.19. The smallest absolute Gasteiger partial charge is 0.355 e. The first-order chi connectivity index (χ1) is 11.4. The van der Waals surface area contributed by atoms with E-state index in [0.29, 0.717) is 0 Å². The van der Waals surface area contributed by atoms with E-state index in [2.05, 4.69) is 9.84 Å². The van der Waals surface area contributed by atoms with Crippen LogP contribution in [0.3, 0.4) is 0 Å². The number of methoxy groups -OCH3 is 1. The molecule has 2 aliphatic rings. The maximum Gasteiger partial charge on any atom is 0.355 e. The maximum atomic E-state index is 13.1. The van der Waals surface area contributed by atoms with Crippen LogP contribution in [0.15, 0.2) is 29.4 Å². The molecule has 2 atom stereocenters. The molecular weight excluding hydrogens is 321 g/mol. The molecule has 24 heavy (non-hydrogen) atoms. The zero-order chi connectivity index (χ0) is 17.6. The fraction of sp³-hybridized carbons (Fsp3) is 0.267. The third-order valence-electron chi connectivity index (χ3n) is 3.85. The van der Waals surface area contributed by atoms with Gasteiger partial charge >= 0.3 is 5.97 Å². The number of anilines is 1. The molecule has 0 unspecified atom stereocenters. The topological polar surface area (TPSA) is 96.3 Å². The van der Waals surface area contributed by atoms with Gasteiger partial charge in [0.1, 0.15) is 11.7 Å². The standard InChI is InChI=1S/C15H12FN3O5/c1-7(20)19-12-10(11(17-19)15(23)24-2)13(21)18(14(12)22)9-5-3-8(16)4-6-9/h3-6,10,12H,1-2H3/t10-,12-/m0/s1. The van der Waals surface area contributed by atoms with Crippen molar-refractivity contribution in [2.75, 3.05) is 12.0 Å². The third-order valence-corrected chi connectivity index (χ3v) is 3.85. The van der Waals surface area contributed by atoms with Crippen molar-refractivity contribution >= 4 is 35.1 Å². The van der Waals surface area contributed by atoms with Gasteiger partial charge in [-0.3, -0.25) is 14.4 Å². The highest BCUT2D eigenvalue weighted by Crippen LogP contribution is 2.35. The Bertz CT molecular complexity index is 789. The van der Waals surface area contributed by atoms with E-state index in [1.165, 1.54) is 19.1 Å². The number of nitrogens with zero attached hydrogens (tertiary/aromatic N) is 3. The Balaban J connectivity index is 2.05. The summed E-state index contributed by atoms with van der Waals surface area (Å²) >= 11 is 0. The van der Waals surface area contributed by atoms with Crippen LogP contribution < -0.4 is 4.90 Å². The van der Waals surface area contributed by atoms with Crippen molar-refractivity contribution in [3.8, 4) is 0 Å². The van der Waals surface area contributed by atoms with Crippen LogP contribution in [0.2, 0.25) is 0 Å². The number of carbonyl (C=O) groups excluding carboxylic acids is 4. The predicted octanol–water partition coefficient (Wildman–Crippen LogP) is 0.0748. The maximum absolute atomic E-state index is 13.1. The molecule has 0 N–H and O–H groups in total. The van der Waals surface area contributed by atoms with E-state index in [0.717, 1.165) is 29.2 Å². The molecule has 1 aromatic carbocycles. The first kappa shape index (κ1) is 15.8. The minimum absolute atomic E-state index is 0.147. The first-order valence-corrected chi connectivity index (χ1v) is 6.96. The lowest BCUT2D eigenvalue weighted by atomic mass is 9.98. The number of hydrogen-bond acceptors (Lipinski definition) is 6. The van der Waals surface area contributed by atoms with Crippen LogP contribution in [-0.2, 0) is 23.9 Å². The van der Waals surface area contributed by atoms with E-state index in [4.69, 9.17) is 0 Å². The molecule has 3 rings (SSSR count). The molecule has 3 amide bonds. The molecule has 1 saturated heterocycles. The number of amides is 3. The summed E-state index contributed by atoms with van der Waals surface area (Å²) < 4.78 is 17.6. The molecule has 0 radical (unpaired) electrons. The largest absolute Gasteiger partial charge is 0.464 e. The second-order valence-electron chi connectivity index (χ2n) is 5.25. The van der Waals surface area contributed by atoms with Crippen LogP contribution in [0, 0.1) is 11.7 Å². The van der Waals surface area contributed by atoms with E-state index < -0.39 is 41.5 Å². The van der Waals surface area contributed by atoms with Gasteiger partial charge in [-0.25, -0.2) is 19.1 Å². The van der Waals surface area contributed by atoms with E-state index in [-0.39, 0.29) is 11.4 Å². The average Bonchev–Trinajstić information content (AvgIpc) is 3.06. The minimum Gasteiger partial charge on any atom is -0.464 e. The molecule has 0 bridgehead atoms. The fourth-order valence-corrected chi connectivity index (χ4v) is 2.79. The zero-order valence-corrected chi connectivity index (χ0v) is 12.7. The fourth-order valence-electron chi connectivity index (χ4n) is 2.79. The molecule has 0 saturated carbocycles. The molecule has 8 nitrogen and oxygen atoms in total. The summed E-state index contributed by atoms with van der Waals surface area (Å²) in [7, 11) is 1.11. The van der Waals surface area contributed by atoms with Gasteiger partial charge in [-0.1, -0.05) is 0 Å². The molecule has 0 aromatic heterocycles. The quantitative estimate of drug-likeness (QED) is 0.564. The number of esters is 1. The molecule has 9 heteroatoms. The number of ether oxygens (including phenoxy) is 1. The minimum atomic E-state index is -1.24. The summed E-state index contributed by atoms with van der Waals surface area (Å²) in [4.78, 5) is 49.7. The van der Waals surface area contributed by atoms with E-state index in [1.54, 1.807) is 0 Å². The molecule has 2 aliphatic heterocycles. The summed E-state index contributed by atoms with van der Waals surface area (Å²) in [5, 5.41) is 4.59. The number of benzene rings is 1. The van der Waals surface area contributed by atoms with Gasteiger partial charge in [-0.2, -0.15) is 5.10 Å². The van der Waals surface area contributed by atoms with Gasteiger partial charge < -0.3 is 4.74 Å². The molecule has 0 aliphatic carbocycles. The zero-order valence-electron chi connectivity index (χ0n) is 12.7. The van der Waals surface area contributed by atoms with Gasteiger partial charge in [0.05, 0.1) is 12.8 Å². The SMILES string of the molecule is COC(=O)C1=NN(C(C)=O)[C@@H]2C(=O)N(c3ccc(F)cc3)C(=O)[C@@H]12. The van der Waals surface area contributed by atoms with Crippen molar-refractivity contribution in [1.82, 2.24) is 5.01 Å². The molecule has 1 aromatic rings. The summed E-state index contributed by atoms with van der Waals surface area (Å²) in [6.07, 6.45) is 0. The Hall–Kier alpha value is -3.10. The van der Waals surface area contributed by atoms with Gasteiger partial charge in [0, 0.05) is 6.92 Å². The normalized spacial score (nSPS) is 22.5. The Labute approximate surface area is 135 Å². The number of rotatable bonds is 2. The number of hydrazone groups is 1. The van der Waals surface area contributed by atoms with Crippen molar-refractivity contribution in [3.05, 3.63) is 30.1 Å². The average molecular weight is 333 g/mol. The number of fused-ring (bicyclic) bond motifs is 1. The number of carbonyl (C=O) groups is 4. The highest BCUT2D eigenvalue weighted by Gasteiger charge is 2.59. The number of hydrogen-bond donors (Lipinski definition) is 0. The first-order valence-electron chi connectivity index (χ1n) is 6.96. The van der Waals surface area contributed by atoms with Crippen molar-refractivity contribution < 1.29 is 28.3 Å². The second-order valence-corrected chi connectivity index (χ2v) is 5.25. The van der Waals surface area contributed by atoms with Crippen LogP contribution >= 0.6 is 0 Å².